The summed E-state index contributed by atoms with van der Waals surface area (Å²) in [6.45, 7) is 0. The molecule has 4 nitrogen and oxygen atoms in total. The van der Waals surface area contributed by atoms with Gasteiger partial charge in [-0.1, -0.05) is 18.2 Å². The highest BCUT2D eigenvalue weighted by Crippen LogP contribution is 2.22. The molecule has 0 aliphatic carbocycles. The number of nitrogens with zero attached hydrogens (tertiary/aromatic N) is 1. The van der Waals surface area contributed by atoms with E-state index in [-0.39, 0.29) is 11.9 Å². The standard InChI is InChI=1S/C16H16FN3O/c1-21-11-7-6-10(12(17)9-11)8-13(18)16-19-14-4-2-3-5-15(14)20-16/h2-7,9,13H,8,18H2,1H3,(H,19,20). The number of aromatic amines is 1. The molecule has 1 unspecified atom stereocenters. The number of rotatable bonds is 4. The lowest BCUT2D eigenvalue weighted by atomic mass is 10.1. The van der Waals surface area contributed by atoms with Crippen molar-refractivity contribution in [2.24, 2.45) is 5.73 Å². The van der Waals surface area contributed by atoms with Gasteiger partial charge in [0.05, 0.1) is 24.2 Å². The number of halogens is 1. The lowest BCUT2D eigenvalue weighted by Crippen LogP contribution is -2.15. The van der Waals surface area contributed by atoms with Crippen molar-refractivity contribution in [3.8, 4) is 5.75 Å². The number of nitrogens with one attached hydrogen (secondary N) is 1. The number of H-pyrrole nitrogens is 1. The molecule has 1 heterocycles. The predicted molar refractivity (Wildman–Crippen MR) is 79.7 cm³/mol. The average molecular weight is 285 g/mol. The number of hydrogen-bond donors (Lipinski definition) is 2. The summed E-state index contributed by atoms with van der Waals surface area (Å²) in [5.74, 6) is 0.834. The van der Waals surface area contributed by atoms with Gasteiger partial charge in [-0.15, -0.1) is 0 Å². The van der Waals surface area contributed by atoms with Crippen molar-refractivity contribution in [2.45, 2.75) is 12.5 Å². The van der Waals surface area contributed by atoms with E-state index in [9.17, 15) is 4.39 Å². The number of methoxy groups -OCH3 is 1. The van der Waals surface area contributed by atoms with Gasteiger partial charge >= 0.3 is 0 Å². The van der Waals surface area contributed by atoms with Crippen molar-refractivity contribution in [2.75, 3.05) is 7.11 Å². The van der Waals surface area contributed by atoms with Gasteiger partial charge in [-0.25, -0.2) is 9.37 Å². The van der Waals surface area contributed by atoms with Crippen LogP contribution in [0.5, 0.6) is 5.75 Å². The third kappa shape index (κ3) is 2.73. The molecular weight excluding hydrogens is 269 g/mol. The minimum Gasteiger partial charge on any atom is -0.497 e. The quantitative estimate of drug-likeness (QED) is 0.774. The van der Waals surface area contributed by atoms with Crippen molar-refractivity contribution in [3.63, 3.8) is 0 Å². The Morgan fingerprint density at radius 1 is 1.29 bits per heavy atom. The topological polar surface area (TPSA) is 63.9 Å². The van der Waals surface area contributed by atoms with Gasteiger partial charge in [0, 0.05) is 6.07 Å². The molecule has 3 rings (SSSR count). The van der Waals surface area contributed by atoms with Crippen LogP contribution in [0.3, 0.4) is 0 Å². The predicted octanol–water partition coefficient (Wildman–Crippen LogP) is 2.95. The molecule has 0 radical (unpaired) electrons. The first-order valence-corrected chi connectivity index (χ1v) is 6.70. The van der Waals surface area contributed by atoms with Gasteiger partial charge in [0.15, 0.2) is 0 Å². The summed E-state index contributed by atoms with van der Waals surface area (Å²) >= 11 is 0. The van der Waals surface area contributed by atoms with E-state index in [1.807, 2.05) is 24.3 Å². The van der Waals surface area contributed by atoms with E-state index >= 15 is 0 Å². The van der Waals surface area contributed by atoms with Crippen LogP contribution in [0.1, 0.15) is 17.4 Å². The first-order valence-electron chi connectivity index (χ1n) is 6.70. The summed E-state index contributed by atoms with van der Waals surface area (Å²) in [5, 5.41) is 0. The van der Waals surface area contributed by atoms with E-state index in [0.29, 0.717) is 23.6 Å². The summed E-state index contributed by atoms with van der Waals surface area (Å²) in [6, 6.07) is 12.1. The van der Waals surface area contributed by atoms with E-state index in [1.165, 1.54) is 13.2 Å². The van der Waals surface area contributed by atoms with Crippen LogP contribution in [0.2, 0.25) is 0 Å². The Kier molecular flexibility index (Phi) is 3.58. The van der Waals surface area contributed by atoms with E-state index in [2.05, 4.69) is 9.97 Å². The molecule has 1 atom stereocenters. The van der Waals surface area contributed by atoms with Crippen LogP contribution >= 0.6 is 0 Å². The van der Waals surface area contributed by atoms with Crippen LogP contribution in [0, 0.1) is 5.82 Å². The van der Waals surface area contributed by atoms with E-state index < -0.39 is 0 Å². The normalized spacial score (nSPS) is 12.5. The van der Waals surface area contributed by atoms with Gasteiger partial charge in [-0.05, 0) is 30.2 Å². The molecule has 21 heavy (non-hydrogen) atoms. The Balaban J connectivity index is 1.84. The van der Waals surface area contributed by atoms with Crippen molar-refractivity contribution in [3.05, 3.63) is 59.7 Å². The molecule has 0 fully saturated rings. The Morgan fingerprint density at radius 3 is 2.81 bits per heavy atom. The molecule has 0 saturated carbocycles. The minimum atomic E-state index is -0.389. The number of ether oxygens (including phenoxy) is 1. The number of aromatic nitrogens is 2. The Hall–Kier alpha value is -2.40. The molecule has 0 bridgehead atoms. The van der Waals surface area contributed by atoms with Gasteiger partial charge in [0.1, 0.15) is 17.4 Å². The van der Waals surface area contributed by atoms with Gasteiger partial charge in [0.25, 0.3) is 0 Å². The maximum Gasteiger partial charge on any atom is 0.130 e. The third-order valence-corrected chi connectivity index (χ3v) is 3.46. The molecule has 0 spiro atoms. The number of nitrogens with two attached hydrogens (primary N) is 1. The SMILES string of the molecule is COc1ccc(CC(N)c2nc3ccccc3[nH]2)c(F)c1. The van der Waals surface area contributed by atoms with Crippen molar-refractivity contribution >= 4 is 11.0 Å². The van der Waals surface area contributed by atoms with E-state index in [4.69, 9.17) is 10.5 Å². The Bertz CT molecular complexity index is 736. The summed E-state index contributed by atoms with van der Waals surface area (Å²) in [7, 11) is 1.51. The lowest BCUT2D eigenvalue weighted by molar-refractivity contribution is 0.410. The molecule has 3 aromatic rings. The number of para-hydroxylation sites is 2. The first kappa shape index (κ1) is 13.6. The number of benzene rings is 2. The highest BCUT2D eigenvalue weighted by Gasteiger charge is 2.14. The van der Waals surface area contributed by atoms with Crippen molar-refractivity contribution in [1.29, 1.82) is 0 Å². The lowest BCUT2D eigenvalue weighted by Gasteiger charge is -2.10. The number of hydrogen-bond acceptors (Lipinski definition) is 3. The third-order valence-electron chi connectivity index (χ3n) is 3.46. The van der Waals surface area contributed by atoms with Crippen molar-refractivity contribution < 1.29 is 9.13 Å². The Labute approximate surface area is 121 Å². The molecule has 0 saturated heterocycles. The van der Waals surface area contributed by atoms with Crippen LogP contribution in [0.25, 0.3) is 11.0 Å². The summed E-state index contributed by atoms with van der Waals surface area (Å²) in [5.41, 5.74) is 8.47. The van der Waals surface area contributed by atoms with Crippen LogP contribution < -0.4 is 10.5 Å². The number of imidazole rings is 1. The average Bonchev–Trinajstić information content (AvgIpc) is 2.93. The number of fused-ring (bicyclic) bond motifs is 1. The second-order valence-electron chi connectivity index (χ2n) is 4.91. The smallest absolute Gasteiger partial charge is 0.130 e. The fourth-order valence-electron chi connectivity index (χ4n) is 2.30. The maximum atomic E-state index is 14.0. The van der Waals surface area contributed by atoms with E-state index in [1.54, 1.807) is 12.1 Å². The van der Waals surface area contributed by atoms with Gasteiger partial charge < -0.3 is 15.5 Å². The molecule has 0 aliphatic heterocycles. The fourth-order valence-corrected chi connectivity index (χ4v) is 2.30. The maximum absolute atomic E-state index is 14.0. The molecule has 0 amide bonds. The minimum absolute atomic E-state index is 0.319. The van der Waals surface area contributed by atoms with Crippen LogP contribution in [-0.4, -0.2) is 17.1 Å². The monoisotopic (exact) mass is 285 g/mol. The van der Waals surface area contributed by atoms with Gasteiger partial charge in [0.2, 0.25) is 0 Å². The van der Waals surface area contributed by atoms with Crippen LogP contribution in [0.4, 0.5) is 4.39 Å². The first-order chi connectivity index (χ1) is 10.2. The summed E-state index contributed by atoms with van der Waals surface area (Å²) < 4.78 is 18.9. The van der Waals surface area contributed by atoms with E-state index in [0.717, 1.165) is 11.0 Å². The van der Waals surface area contributed by atoms with Crippen molar-refractivity contribution in [1.82, 2.24) is 9.97 Å². The molecule has 1 aromatic heterocycles. The summed E-state index contributed by atoms with van der Waals surface area (Å²) in [4.78, 5) is 7.62. The van der Waals surface area contributed by atoms with Gasteiger partial charge in [-0.2, -0.15) is 0 Å². The second kappa shape index (κ2) is 5.54. The Morgan fingerprint density at radius 2 is 2.10 bits per heavy atom. The van der Waals surface area contributed by atoms with Gasteiger partial charge in [-0.3, -0.25) is 0 Å². The largest absolute Gasteiger partial charge is 0.497 e. The highest BCUT2D eigenvalue weighted by molar-refractivity contribution is 5.74. The zero-order valence-electron chi connectivity index (χ0n) is 11.6. The zero-order valence-corrected chi connectivity index (χ0v) is 11.6. The molecule has 5 heteroatoms. The van der Waals surface area contributed by atoms with Crippen LogP contribution in [-0.2, 0) is 6.42 Å². The molecule has 0 aliphatic rings. The molecule has 2 aromatic carbocycles. The highest BCUT2D eigenvalue weighted by atomic mass is 19.1. The second-order valence-corrected chi connectivity index (χ2v) is 4.91. The molecular formula is C16H16FN3O. The fraction of sp³-hybridized carbons (Fsp3) is 0.188. The molecule has 3 N–H and O–H groups in total. The zero-order chi connectivity index (χ0) is 14.8. The molecule has 108 valence electrons. The van der Waals surface area contributed by atoms with Crippen LogP contribution in [0.15, 0.2) is 42.5 Å². The summed E-state index contributed by atoms with van der Waals surface area (Å²) in [6.07, 6.45) is 0.371.